The van der Waals surface area contributed by atoms with Crippen LogP contribution in [0.4, 0.5) is 11.6 Å². The van der Waals surface area contributed by atoms with Crippen LogP contribution in [0.1, 0.15) is 19.8 Å². The van der Waals surface area contributed by atoms with Gasteiger partial charge >= 0.3 is 0 Å². The van der Waals surface area contributed by atoms with Crippen LogP contribution in [0.15, 0.2) is 72.6 Å². The van der Waals surface area contributed by atoms with Gasteiger partial charge < -0.3 is 20.7 Å². The van der Waals surface area contributed by atoms with Crippen molar-refractivity contribution in [3.05, 3.63) is 72.6 Å². The van der Waals surface area contributed by atoms with Crippen molar-refractivity contribution in [2.24, 2.45) is 5.92 Å². The number of benzene rings is 2. The van der Waals surface area contributed by atoms with E-state index in [1.165, 1.54) is 6.33 Å². The van der Waals surface area contributed by atoms with Crippen LogP contribution in [0.25, 0.3) is 11.1 Å². The molecule has 0 aliphatic carbocycles. The van der Waals surface area contributed by atoms with Gasteiger partial charge in [-0.05, 0) is 55.5 Å². The number of nitrogens with two attached hydrogens (primary N) is 1. The standard InChI is InChI=1S/C27H28N6O2/c1-2-20(16-28)27(34)33-14-12-19(13-15-33)17-30-26-24(25(29)31-18-32-26)21-8-10-23(11-9-21)35-22-6-4-3-5-7-22/h2-11,18-19H,12-15,17H2,1H3,(H3,29,30,31,32). The Hall–Kier alpha value is -4.38. The van der Waals surface area contributed by atoms with Crippen LogP contribution < -0.4 is 15.8 Å². The molecule has 1 aliphatic rings. The number of likely N-dealkylation sites (tertiary alicyclic amines) is 1. The Bertz CT molecular complexity index is 1230. The molecule has 1 aliphatic heterocycles. The number of anilines is 2. The summed E-state index contributed by atoms with van der Waals surface area (Å²) in [5.41, 5.74) is 8.07. The SMILES string of the molecule is CC=C(C#N)C(=O)N1CCC(CNc2ncnc(N)c2-c2ccc(Oc3ccccc3)cc2)CC1. The second-order valence-corrected chi connectivity index (χ2v) is 8.35. The van der Waals surface area contributed by atoms with E-state index < -0.39 is 0 Å². The number of amides is 1. The number of nitriles is 1. The summed E-state index contributed by atoms with van der Waals surface area (Å²) >= 11 is 0. The summed E-state index contributed by atoms with van der Waals surface area (Å²) in [6, 6.07) is 19.3. The van der Waals surface area contributed by atoms with Gasteiger partial charge in [-0.2, -0.15) is 5.26 Å². The van der Waals surface area contributed by atoms with Crippen LogP contribution in [-0.4, -0.2) is 40.4 Å². The number of carbonyl (C=O) groups excluding carboxylic acids is 1. The molecule has 1 aromatic heterocycles. The predicted molar refractivity (Wildman–Crippen MR) is 136 cm³/mol. The van der Waals surface area contributed by atoms with Crippen molar-refractivity contribution >= 4 is 17.5 Å². The van der Waals surface area contributed by atoms with Gasteiger partial charge in [0.25, 0.3) is 5.91 Å². The Balaban J connectivity index is 1.40. The van der Waals surface area contributed by atoms with Crippen LogP contribution >= 0.6 is 0 Å². The number of piperidine rings is 1. The molecule has 0 unspecified atom stereocenters. The Morgan fingerprint density at radius 1 is 1.14 bits per heavy atom. The third-order valence-electron chi connectivity index (χ3n) is 6.10. The van der Waals surface area contributed by atoms with E-state index in [0.717, 1.165) is 35.5 Å². The molecule has 2 aromatic carbocycles. The fourth-order valence-corrected chi connectivity index (χ4v) is 4.12. The minimum atomic E-state index is -0.188. The zero-order valence-electron chi connectivity index (χ0n) is 19.6. The second-order valence-electron chi connectivity index (χ2n) is 8.35. The molecule has 0 spiro atoms. The third kappa shape index (κ3) is 5.76. The highest BCUT2D eigenvalue weighted by Crippen LogP contribution is 2.33. The Kier molecular flexibility index (Phi) is 7.58. The van der Waals surface area contributed by atoms with Gasteiger partial charge in [-0.25, -0.2) is 9.97 Å². The summed E-state index contributed by atoms with van der Waals surface area (Å²) < 4.78 is 5.88. The normalized spacial score (nSPS) is 14.3. The maximum absolute atomic E-state index is 12.4. The van der Waals surface area contributed by atoms with Crippen LogP contribution in [0, 0.1) is 17.2 Å². The molecule has 0 saturated carbocycles. The predicted octanol–water partition coefficient (Wildman–Crippen LogP) is 4.64. The van der Waals surface area contributed by atoms with Crippen molar-refractivity contribution in [2.75, 3.05) is 30.7 Å². The highest BCUT2D eigenvalue weighted by Gasteiger charge is 2.25. The summed E-state index contributed by atoms with van der Waals surface area (Å²) in [7, 11) is 0. The van der Waals surface area contributed by atoms with E-state index in [-0.39, 0.29) is 11.5 Å². The van der Waals surface area contributed by atoms with Crippen LogP contribution in [0.2, 0.25) is 0 Å². The number of para-hydroxylation sites is 1. The lowest BCUT2D eigenvalue weighted by Crippen LogP contribution is -2.40. The minimum Gasteiger partial charge on any atom is -0.457 e. The third-order valence-corrected chi connectivity index (χ3v) is 6.10. The van der Waals surface area contributed by atoms with E-state index in [9.17, 15) is 4.79 Å². The van der Waals surface area contributed by atoms with Gasteiger partial charge in [-0.1, -0.05) is 36.4 Å². The second kappa shape index (κ2) is 11.2. The number of hydrogen-bond acceptors (Lipinski definition) is 7. The number of nitrogens with one attached hydrogen (secondary N) is 1. The van der Waals surface area contributed by atoms with E-state index in [2.05, 4.69) is 15.3 Å². The number of nitrogens with zero attached hydrogens (tertiary/aromatic N) is 4. The topological polar surface area (TPSA) is 117 Å². The Morgan fingerprint density at radius 2 is 1.83 bits per heavy atom. The lowest BCUT2D eigenvalue weighted by Gasteiger charge is -2.32. The first kappa shape index (κ1) is 23.8. The molecule has 1 amide bonds. The fourth-order valence-electron chi connectivity index (χ4n) is 4.12. The van der Waals surface area contributed by atoms with Gasteiger partial charge in [-0.15, -0.1) is 0 Å². The van der Waals surface area contributed by atoms with Gasteiger partial charge in [0, 0.05) is 19.6 Å². The molecule has 0 radical (unpaired) electrons. The summed E-state index contributed by atoms with van der Waals surface area (Å²) in [6.07, 6.45) is 4.72. The fraction of sp³-hybridized carbons (Fsp3) is 0.259. The van der Waals surface area contributed by atoms with Crippen molar-refractivity contribution in [1.82, 2.24) is 14.9 Å². The van der Waals surface area contributed by atoms with Crippen molar-refractivity contribution in [2.45, 2.75) is 19.8 Å². The van der Waals surface area contributed by atoms with E-state index >= 15 is 0 Å². The molecule has 35 heavy (non-hydrogen) atoms. The number of rotatable bonds is 7. The Labute approximate surface area is 205 Å². The number of ether oxygens (including phenoxy) is 1. The summed E-state index contributed by atoms with van der Waals surface area (Å²) in [4.78, 5) is 22.8. The number of allylic oxidation sites excluding steroid dienone is 1. The molecule has 4 rings (SSSR count). The number of hydrogen-bond donors (Lipinski definition) is 2. The summed E-state index contributed by atoms with van der Waals surface area (Å²) in [5.74, 6) is 2.76. The number of nitrogen functional groups attached to an aromatic ring is 1. The van der Waals surface area contributed by atoms with Gasteiger partial charge in [0.2, 0.25) is 0 Å². The molecule has 1 fully saturated rings. The van der Waals surface area contributed by atoms with Gasteiger partial charge in [0.05, 0.1) is 5.56 Å². The molecule has 0 atom stereocenters. The van der Waals surface area contributed by atoms with E-state index in [0.29, 0.717) is 37.2 Å². The highest BCUT2D eigenvalue weighted by atomic mass is 16.5. The van der Waals surface area contributed by atoms with Crippen molar-refractivity contribution in [3.63, 3.8) is 0 Å². The van der Waals surface area contributed by atoms with Gasteiger partial charge in [0.15, 0.2) is 0 Å². The molecule has 3 N–H and O–H groups in total. The molecular weight excluding hydrogens is 440 g/mol. The zero-order chi connectivity index (χ0) is 24.6. The molecule has 0 bridgehead atoms. The quantitative estimate of drug-likeness (QED) is 0.383. The molecule has 178 valence electrons. The molecule has 1 saturated heterocycles. The minimum absolute atomic E-state index is 0.188. The first-order valence-corrected chi connectivity index (χ1v) is 11.6. The average molecular weight is 469 g/mol. The zero-order valence-corrected chi connectivity index (χ0v) is 19.6. The summed E-state index contributed by atoms with van der Waals surface area (Å²) in [5, 5.41) is 12.5. The van der Waals surface area contributed by atoms with Crippen molar-refractivity contribution in [3.8, 4) is 28.7 Å². The van der Waals surface area contributed by atoms with E-state index in [1.54, 1.807) is 17.9 Å². The highest BCUT2D eigenvalue weighted by molar-refractivity contribution is 5.97. The van der Waals surface area contributed by atoms with Crippen LogP contribution in [-0.2, 0) is 4.79 Å². The summed E-state index contributed by atoms with van der Waals surface area (Å²) in [6.45, 7) is 3.68. The number of carbonyl (C=O) groups is 1. The smallest absolute Gasteiger partial charge is 0.264 e. The molecule has 8 nitrogen and oxygen atoms in total. The molecule has 2 heterocycles. The lowest BCUT2D eigenvalue weighted by molar-refractivity contribution is -0.128. The van der Waals surface area contributed by atoms with Gasteiger partial charge in [-0.3, -0.25) is 4.79 Å². The molecular formula is C27H28N6O2. The van der Waals surface area contributed by atoms with Crippen LogP contribution in [0.3, 0.4) is 0 Å². The lowest BCUT2D eigenvalue weighted by atomic mass is 9.96. The maximum atomic E-state index is 12.4. The van der Waals surface area contributed by atoms with E-state index in [4.69, 9.17) is 15.7 Å². The van der Waals surface area contributed by atoms with Gasteiger partial charge in [0.1, 0.15) is 41.1 Å². The first-order chi connectivity index (χ1) is 17.1. The van der Waals surface area contributed by atoms with Crippen molar-refractivity contribution < 1.29 is 9.53 Å². The first-order valence-electron chi connectivity index (χ1n) is 11.6. The van der Waals surface area contributed by atoms with Crippen molar-refractivity contribution in [1.29, 1.82) is 5.26 Å². The Morgan fingerprint density at radius 3 is 2.49 bits per heavy atom. The average Bonchev–Trinajstić information content (AvgIpc) is 2.90. The maximum Gasteiger partial charge on any atom is 0.264 e. The van der Waals surface area contributed by atoms with Crippen LogP contribution in [0.5, 0.6) is 11.5 Å². The molecule has 3 aromatic rings. The molecule has 8 heteroatoms. The van der Waals surface area contributed by atoms with E-state index in [1.807, 2.05) is 60.7 Å². The monoisotopic (exact) mass is 468 g/mol. The number of aromatic nitrogens is 2. The largest absolute Gasteiger partial charge is 0.457 e.